The summed E-state index contributed by atoms with van der Waals surface area (Å²) >= 11 is 0. The summed E-state index contributed by atoms with van der Waals surface area (Å²) in [6.07, 6.45) is 1.65. The van der Waals surface area contributed by atoms with Gasteiger partial charge in [-0.2, -0.15) is 0 Å². The van der Waals surface area contributed by atoms with Gasteiger partial charge in [-0.25, -0.2) is 0 Å². The minimum absolute atomic E-state index is 0.0260. The summed E-state index contributed by atoms with van der Waals surface area (Å²) in [6, 6.07) is 19.4. The molecule has 1 heterocycles. The highest BCUT2D eigenvalue weighted by molar-refractivity contribution is 6.07. The lowest BCUT2D eigenvalue weighted by atomic mass is 10.1. The van der Waals surface area contributed by atoms with Crippen molar-refractivity contribution >= 4 is 22.5 Å². The Hall–Kier alpha value is -2.68. The molecule has 0 N–H and O–H groups in total. The second-order valence-electron chi connectivity index (χ2n) is 4.80. The van der Waals surface area contributed by atoms with Gasteiger partial charge in [0.15, 0.2) is 0 Å². The number of hydrogen-bond acceptors (Lipinski definition) is 2. The van der Waals surface area contributed by atoms with E-state index < -0.39 is 0 Å². The van der Waals surface area contributed by atoms with Gasteiger partial charge in [-0.1, -0.05) is 36.4 Å². The van der Waals surface area contributed by atoms with Crippen LogP contribution in [-0.2, 0) is 0 Å². The molecule has 3 nitrogen and oxygen atoms in total. The van der Waals surface area contributed by atoms with Crippen molar-refractivity contribution in [3.8, 4) is 0 Å². The highest BCUT2D eigenvalue weighted by atomic mass is 16.2. The topological polar surface area (TPSA) is 33.2 Å². The Morgan fingerprint density at radius 3 is 2.52 bits per heavy atom. The molecule has 21 heavy (non-hydrogen) atoms. The molecule has 0 atom stereocenters. The standard InChI is InChI=1S/C18H16N2O/c1-2-20(16-9-4-3-5-10-16)18(21)15-12-14-8-6-7-11-17(14)19-13-15/h3-13H,2H2,1H3. The molecule has 3 aromatic rings. The van der Waals surface area contributed by atoms with E-state index >= 15 is 0 Å². The SMILES string of the molecule is CCN(C(=O)c1cnc2ccccc2c1)c1ccccc1. The molecule has 0 fully saturated rings. The average Bonchev–Trinajstić information content (AvgIpc) is 2.56. The van der Waals surface area contributed by atoms with Gasteiger partial charge in [0, 0.05) is 23.8 Å². The van der Waals surface area contributed by atoms with Crippen LogP contribution in [0.1, 0.15) is 17.3 Å². The van der Waals surface area contributed by atoms with Crippen LogP contribution in [-0.4, -0.2) is 17.4 Å². The largest absolute Gasteiger partial charge is 0.309 e. The van der Waals surface area contributed by atoms with Crippen molar-refractivity contribution in [2.45, 2.75) is 6.92 Å². The lowest BCUT2D eigenvalue weighted by Crippen LogP contribution is -2.30. The Morgan fingerprint density at radius 2 is 1.76 bits per heavy atom. The highest BCUT2D eigenvalue weighted by Gasteiger charge is 2.16. The summed E-state index contributed by atoms with van der Waals surface area (Å²) in [7, 11) is 0. The van der Waals surface area contributed by atoms with Crippen molar-refractivity contribution < 1.29 is 4.79 Å². The van der Waals surface area contributed by atoms with E-state index in [1.807, 2.05) is 67.6 Å². The number of fused-ring (bicyclic) bond motifs is 1. The first kappa shape index (κ1) is 13.3. The summed E-state index contributed by atoms with van der Waals surface area (Å²) in [6.45, 7) is 2.59. The number of hydrogen-bond donors (Lipinski definition) is 0. The Morgan fingerprint density at radius 1 is 1.05 bits per heavy atom. The molecule has 0 spiro atoms. The van der Waals surface area contributed by atoms with Crippen LogP contribution in [0.2, 0.25) is 0 Å². The summed E-state index contributed by atoms with van der Waals surface area (Å²) < 4.78 is 0. The summed E-state index contributed by atoms with van der Waals surface area (Å²) in [5, 5.41) is 0.979. The molecule has 0 unspecified atom stereocenters. The molecule has 0 aliphatic heterocycles. The fourth-order valence-electron chi connectivity index (χ4n) is 2.40. The summed E-state index contributed by atoms with van der Waals surface area (Å²) in [5.74, 6) is -0.0260. The number of nitrogens with zero attached hydrogens (tertiary/aromatic N) is 2. The van der Waals surface area contributed by atoms with Gasteiger partial charge in [-0.3, -0.25) is 9.78 Å². The maximum Gasteiger partial charge on any atom is 0.259 e. The fourth-order valence-corrected chi connectivity index (χ4v) is 2.40. The van der Waals surface area contributed by atoms with Gasteiger partial charge in [0.25, 0.3) is 5.91 Å². The van der Waals surface area contributed by atoms with E-state index in [1.54, 1.807) is 11.1 Å². The number of carbonyl (C=O) groups excluding carboxylic acids is 1. The molecule has 3 heteroatoms. The second-order valence-corrected chi connectivity index (χ2v) is 4.80. The molecule has 0 radical (unpaired) electrons. The number of benzene rings is 2. The van der Waals surface area contributed by atoms with E-state index in [2.05, 4.69) is 4.98 Å². The van der Waals surface area contributed by atoms with Crippen molar-refractivity contribution in [3.63, 3.8) is 0 Å². The molecule has 0 aliphatic carbocycles. The Balaban J connectivity index is 1.98. The Kier molecular flexibility index (Phi) is 3.65. The minimum Gasteiger partial charge on any atom is -0.309 e. The highest BCUT2D eigenvalue weighted by Crippen LogP contribution is 2.18. The van der Waals surface area contributed by atoms with Crippen molar-refractivity contribution in [2.75, 3.05) is 11.4 Å². The van der Waals surface area contributed by atoms with Crippen LogP contribution in [0.15, 0.2) is 66.9 Å². The van der Waals surface area contributed by atoms with E-state index in [4.69, 9.17) is 0 Å². The molecule has 104 valence electrons. The van der Waals surface area contributed by atoms with Gasteiger partial charge in [0.05, 0.1) is 11.1 Å². The van der Waals surface area contributed by atoms with E-state index in [0.29, 0.717) is 12.1 Å². The first-order valence-corrected chi connectivity index (χ1v) is 7.01. The fraction of sp³-hybridized carbons (Fsp3) is 0.111. The lowest BCUT2D eigenvalue weighted by molar-refractivity contribution is 0.0988. The monoisotopic (exact) mass is 276 g/mol. The van der Waals surface area contributed by atoms with Gasteiger partial charge in [-0.05, 0) is 31.2 Å². The zero-order valence-corrected chi connectivity index (χ0v) is 11.9. The number of rotatable bonds is 3. The number of carbonyl (C=O) groups is 1. The van der Waals surface area contributed by atoms with Crippen molar-refractivity contribution in [1.82, 2.24) is 4.98 Å². The first-order chi connectivity index (χ1) is 10.3. The van der Waals surface area contributed by atoms with Crippen molar-refractivity contribution in [2.24, 2.45) is 0 Å². The van der Waals surface area contributed by atoms with E-state index in [1.165, 1.54) is 0 Å². The number of anilines is 1. The second kappa shape index (κ2) is 5.75. The molecule has 0 aliphatic rings. The van der Waals surface area contributed by atoms with Crippen LogP contribution in [0.3, 0.4) is 0 Å². The van der Waals surface area contributed by atoms with E-state index in [0.717, 1.165) is 16.6 Å². The number of pyridine rings is 1. The third kappa shape index (κ3) is 2.63. The van der Waals surface area contributed by atoms with Crippen LogP contribution < -0.4 is 4.90 Å². The predicted octanol–water partition coefficient (Wildman–Crippen LogP) is 3.90. The van der Waals surface area contributed by atoms with Crippen molar-refractivity contribution in [3.05, 3.63) is 72.4 Å². The van der Waals surface area contributed by atoms with Gasteiger partial charge in [0.1, 0.15) is 0 Å². The molecular weight excluding hydrogens is 260 g/mol. The molecule has 1 aromatic heterocycles. The molecule has 0 saturated carbocycles. The van der Waals surface area contributed by atoms with Gasteiger partial charge in [0.2, 0.25) is 0 Å². The number of para-hydroxylation sites is 2. The van der Waals surface area contributed by atoms with Gasteiger partial charge in [-0.15, -0.1) is 0 Å². The van der Waals surface area contributed by atoms with Gasteiger partial charge >= 0.3 is 0 Å². The Bertz CT molecular complexity index is 768. The van der Waals surface area contributed by atoms with Crippen LogP contribution in [0.5, 0.6) is 0 Å². The molecule has 3 rings (SSSR count). The third-order valence-electron chi connectivity index (χ3n) is 3.47. The average molecular weight is 276 g/mol. The number of aromatic nitrogens is 1. The van der Waals surface area contributed by atoms with Crippen molar-refractivity contribution in [1.29, 1.82) is 0 Å². The molecule has 0 bridgehead atoms. The maximum absolute atomic E-state index is 12.7. The molecule has 1 amide bonds. The van der Waals surface area contributed by atoms with Crippen LogP contribution in [0, 0.1) is 0 Å². The summed E-state index contributed by atoms with van der Waals surface area (Å²) in [5.41, 5.74) is 2.41. The third-order valence-corrected chi connectivity index (χ3v) is 3.47. The summed E-state index contributed by atoms with van der Waals surface area (Å²) in [4.78, 5) is 18.8. The van der Waals surface area contributed by atoms with Gasteiger partial charge < -0.3 is 4.90 Å². The normalized spacial score (nSPS) is 10.5. The quantitative estimate of drug-likeness (QED) is 0.727. The predicted molar refractivity (Wildman–Crippen MR) is 85.5 cm³/mol. The molecule has 2 aromatic carbocycles. The lowest BCUT2D eigenvalue weighted by Gasteiger charge is -2.21. The van der Waals surface area contributed by atoms with Crippen LogP contribution in [0.25, 0.3) is 10.9 Å². The zero-order valence-electron chi connectivity index (χ0n) is 11.9. The van der Waals surface area contributed by atoms with E-state index in [9.17, 15) is 4.79 Å². The van der Waals surface area contributed by atoms with Crippen LogP contribution in [0.4, 0.5) is 5.69 Å². The van der Waals surface area contributed by atoms with Crippen LogP contribution >= 0.6 is 0 Å². The van der Waals surface area contributed by atoms with E-state index in [-0.39, 0.29) is 5.91 Å². The smallest absolute Gasteiger partial charge is 0.259 e. The maximum atomic E-state index is 12.7. The molecular formula is C18H16N2O. The molecule has 0 saturated heterocycles. The first-order valence-electron chi connectivity index (χ1n) is 7.01. The number of amides is 1. The Labute approximate surface area is 123 Å². The minimum atomic E-state index is -0.0260. The zero-order chi connectivity index (χ0) is 14.7.